The second kappa shape index (κ2) is 4.46. The van der Waals surface area contributed by atoms with Crippen molar-refractivity contribution in [1.29, 1.82) is 0 Å². The van der Waals surface area contributed by atoms with Crippen molar-refractivity contribution in [2.24, 2.45) is 5.73 Å². The third-order valence-corrected chi connectivity index (χ3v) is 3.59. The number of aromatic amines is 1. The van der Waals surface area contributed by atoms with Crippen molar-refractivity contribution >= 4 is 16.8 Å². The van der Waals surface area contributed by atoms with Crippen LogP contribution >= 0.6 is 0 Å². The average Bonchev–Trinajstić information content (AvgIpc) is 2.97. The zero-order valence-corrected chi connectivity index (χ0v) is 10.2. The van der Waals surface area contributed by atoms with Crippen LogP contribution in [0.4, 0.5) is 0 Å². The summed E-state index contributed by atoms with van der Waals surface area (Å²) >= 11 is 0. The van der Waals surface area contributed by atoms with Gasteiger partial charge in [0.2, 0.25) is 5.91 Å². The number of benzene rings is 1. The molecular weight excluding hydrogens is 226 g/mol. The molecule has 4 nitrogen and oxygen atoms in total. The van der Waals surface area contributed by atoms with Crippen molar-refractivity contribution in [2.75, 3.05) is 13.1 Å². The fourth-order valence-electron chi connectivity index (χ4n) is 2.57. The minimum Gasteiger partial charge on any atom is -0.361 e. The highest BCUT2D eigenvalue weighted by Crippen LogP contribution is 2.19. The van der Waals surface area contributed by atoms with Crippen LogP contribution in [0.25, 0.3) is 10.9 Å². The van der Waals surface area contributed by atoms with Gasteiger partial charge in [-0.25, -0.2) is 0 Å². The summed E-state index contributed by atoms with van der Waals surface area (Å²) in [6, 6.07) is 8.20. The maximum absolute atomic E-state index is 12.2. The number of aromatic nitrogens is 1. The molecule has 0 unspecified atom stereocenters. The van der Waals surface area contributed by atoms with Crippen LogP contribution in [0.2, 0.25) is 0 Å². The van der Waals surface area contributed by atoms with Crippen LogP contribution in [-0.2, 0) is 11.2 Å². The van der Waals surface area contributed by atoms with E-state index in [1.54, 1.807) is 0 Å². The molecule has 1 atom stereocenters. The number of nitrogens with one attached hydrogen (secondary N) is 1. The van der Waals surface area contributed by atoms with Gasteiger partial charge in [-0.05, 0) is 18.1 Å². The normalized spacial score (nSPS) is 19.6. The molecular formula is C14H17N3O. The van der Waals surface area contributed by atoms with Crippen molar-refractivity contribution in [1.82, 2.24) is 9.88 Å². The Kier molecular flexibility index (Phi) is 2.80. The number of H-pyrrole nitrogens is 1. The number of hydrogen-bond donors (Lipinski definition) is 2. The number of carbonyl (C=O) groups is 1. The van der Waals surface area contributed by atoms with E-state index < -0.39 is 0 Å². The van der Waals surface area contributed by atoms with E-state index in [1.807, 2.05) is 35.4 Å². The van der Waals surface area contributed by atoms with Gasteiger partial charge in [0.1, 0.15) is 0 Å². The predicted molar refractivity (Wildman–Crippen MR) is 71.2 cm³/mol. The summed E-state index contributed by atoms with van der Waals surface area (Å²) in [5, 5.41) is 1.13. The topological polar surface area (TPSA) is 62.1 Å². The van der Waals surface area contributed by atoms with E-state index in [4.69, 9.17) is 5.73 Å². The first-order chi connectivity index (χ1) is 8.74. The molecule has 0 radical (unpaired) electrons. The van der Waals surface area contributed by atoms with Crippen molar-refractivity contribution in [3.8, 4) is 0 Å². The Morgan fingerprint density at radius 2 is 2.28 bits per heavy atom. The van der Waals surface area contributed by atoms with Gasteiger partial charge in [0, 0.05) is 36.2 Å². The summed E-state index contributed by atoms with van der Waals surface area (Å²) in [4.78, 5) is 17.2. The zero-order valence-electron chi connectivity index (χ0n) is 10.2. The number of hydrogen-bond acceptors (Lipinski definition) is 2. The number of nitrogens with zero attached hydrogens (tertiary/aromatic N) is 1. The quantitative estimate of drug-likeness (QED) is 0.834. The molecule has 4 heteroatoms. The van der Waals surface area contributed by atoms with Gasteiger partial charge >= 0.3 is 0 Å². The van der Waals surface area contributed by atoms with Gasteiger partial charge in [-0.15, -0.1) is 0 Å². The molecule has 2 heterocycles. The van der Waals surface area contributed by atoms with Crippen LogP contribution < -0.4 is 5.73 Å². The molecule has 1 fully saturated rings. The SMILES string of the molecule is N[C@H]1CCN(C(=O)Cc2c[nH]c3ccccc23)C1. The second-order valence-electron chi connectivity index (χ2n) is 4.92. The van der Waals surface area contributed by atoms with Crippen LogP contribution in [0.1, 0.15) is 12.0 Å². The van der Waals surface area contributed by atoms with E-state index in [1.165, 1.54) is 0 Å². The molecule has 2 aromatic rings. The monoisotopic (exact) mass is 243 g/mol. The standard InChI is InChI=1S/C14H17N3O/c15-11-5-6-17(9-11)14(18)7-10-8-16-13-4-2-1-3-12(10)13/h1-4,8,11,16H,5-7,9,15H2/t11-/m0/s1. The summed E-state index contributed by atoms with van der Waals surface area (Å²) in [5.74, 6) is 0.174. The molecule has 3 rings (SSSR count). The first-order valence-electron chi connectivity index (χ1n) is 6.32. The lowest BCUT2D eigenvalue weighted by Crippen LogP contribution is -2.32. The van der Waals surface area contributed by atoms with Gasteiger partial charge in [-0.2, -0.15) is 0 Å². The summed E-state index contributed by atoms with van der Waals surface area (Å²) in [6.45, 7) is 1.49. The van der Waals surface area contributed by atoms with Gasteiger partial charge in [0.05, 0.1) is 6.42 Å². The molecule has 0 spiro atoms. The van der Waals surface area contributed by atoms with Crippen LogP contribution in [0.3, 0.4) is 0 Å². The molecule has 94 valence electrons. The van der Waals surface area contributed by atoms with Gasteiger partial charge in [0.15, 0.2) is 0 Å². The van der Waals surface area contributed by atoms with Gasteiger partial charge in [-0.1, -0.05) is 18.2 Å². The van der Waals surface area contributed by atoms with E-state index in [-0.39, 0.29) is 11.9 Å². The molecule has 1 aliphatic heterocycles. The molecule has 3 N–H and O–H groups in total. The number of rotatable bonds is 2. The van der Waals surface area contributed by atoms with Crippen molar-refractivity contribution in [3.63, 3.8) is 0 Å². The van der Waals surface area contributed by atoms with E-state index in [0.29, 0.717) is 13.0 Å². The Balaban J connectivity index is 1.78. The van der Waals surface area contributed by atoms with Gasteiger partial charge < -0.3 is 15.6 Å². The summed E-state index contributed by atoms with van der Waals surface area (Å²) < 4.78 is 0. The molecule has 1 aromatic heterocycles. The van der Waals surface area contributed by atoms with E-state index in [0.717, 1.165) is 29.4 Å². The maximum atomic E-state index is 12.2. The van der Waals surface area contributed by atoms with Crippen molar-refractivity contribution in [2.45, 2.75) is 18.9 Å². The number of para-hydroxylation sites is 1. The average molecular weight is 243 g/mol. The first-order valence-corrected chi connectivity index (χ1v) is 6.32. The Morgan fingerprint density at radius 1 is 1.44 bits per heavy atom. The highest BCUT2D eigenvalue weighted by Gasteiger charge is 2.23. The smallest absolute Gasteiger partial charge is 0.227 e. The number of likely N-dealkylation sites (tertiary alicyclic amines) is 1. The van der Waals surface area contributed by atoms with Crippen LogP contribution in [0.5, 0.6) is 0 Å². The minimum absolute atomic E-state index is 0.150. The Bertz CT molecular complexity index is 575. The lowest BCUT2D eigenvalue weighted by atomic mass is 10.1. The Hall–Kier alpha value is -1.81. The van der Waals surface area contributed by atoms with Crippen molar-refractivity contribution in [3.05, 3.63) is 36.0 Å². The fourth-order valence-corrected chi connectivity index (χ4v) is 2.57. The highest BCUT2D eigenvalue weighted by molar-refractivity contribution is 5.88. The third kappa shape index (κ3) is 1.99. The number of amides is 1. The van der Waals surface area contributed by atoms with E-state index in [9.17, 15) is 4.79 Å². The largest absolute Gasteiger partial charge is 0.361 e. The lowest BCUT2D eigenvalue weighted by molar-refractivity contribution is -0.129. The predicted octanol–water partition coefficient (Wildman–Crippen LogP) is 1.27. The molecule has 1 aliphatic rings. The number of nitrogens with two attached hydrogens (primary N) is 1. The molecule has 0 saturated carbocycles. The highest BCUT2D eigenvalue weighted by atomic mass is 16.2. The molecule has 1 amide bonds. The van der Waals surface area contributed by atoms with Crippen LogP contribution in [0, 0.1) is 0 Å². The van der Waals surface area contributed by atoms with Gasteiger partial charge in [0.25, 0.3) is 0 Å². The lowest BCUT2D eigenvalue weighted by Gasteiger charge is -2.15. The van der Waals surface area contributed by atoms with E-state index >= 15 is 0 Å². The minimum atomic E-state index is 0.150. The first kappa shape index (κ1) is 11.3. The molecule has 18 heavy (non-hydrogen) atoms. The summed E-state index contributed by atoms with van der Waals surface area (Å²) in [5.41, 5.74) is 7.97. The van der Waals surface area contributed by atoms with E-state index in [2.05, 4.69) is 4.98 Å². The van der Waals surface area contributed by atoms with Crippen LogP contribution in [0.15, 0.2) is 30.5 Å². The molecule has 1 aromatic carbocycles. The zero-order chi connectivity index (χ0) is 12.5. The third-order valence-electron chi connectivity index (χ3n) is 3.59. The number of fused-ring (bicyclic) bond motifs is 1. The molecule has 0 aliphatic carbocycles. The number of carbonyl (C=O) groups excluding carboxylic acids is 1. The molecule has 1 saturated heterocycles. The Labute approximate surface area is 106 Å². The van der Waals surface area contributed by atoms with Crippen molar-refractivity contribution < 1.29 is 4.79 Å². The van der Waals surface area contributed by atoms with Gasteiger partial charge in [-0.3, -0.25) is 4.79 Å². The second-order valence-corrected chi connectivity index (χ2v) is 4.92. The maximum Gasteiger partial charge on any atom is 0.227 e. The summed E-state index contributed by atoms with van der Waals surface area (Å²) in [7, 11) is 0. The summed E-state index contributed by atoms with van der Waals surface area (Å²) in [6.07, 6.45) is 3.30. The van der Waals surface area contributed by atoms with Crippen LogP contribution in [-0.4, -0.2) is 34.9 Å². The Morgan fingerprint density at radius 3 is 3.06 bits per heavy atom. The molecule has 0 bridgehead atoms. The fraction of sp³-hybridized carbons (Fsp3) is 0.357.